The molecule has 13 heavy (non-hydrogen) atoms. The van der Waals surface area contributed by atoms with Crippen LogP contribution in [-0.2, 0) is 9.59 Å². The molecule has 3 heteroatoms. The van der Waals surface area contributed by atoms with Crippen LogP contribution in [0.3, 0.4) is 0 Å². The zero-order valence-electron chi connectivity index (χ0n) is 7.95. The maximum Gasteiger partial charge on any atom is 0.303 e. The first-order valence-corrected chi connectivity index (χ1v) is 4.83. The first kappa shape index (κ1) is 10.2. The number of carbonyl (C=O) groups excluding carboxylic acids is 1. The van der Waals surface area contributed by atoms with E-state index in [1.54, 1.807) is 6.92 Å². The highest BCUT2D eigenvalue weighted by atomic mass is 16.4. The van der Waals surface area contributed by atoms with Crippen molar-refractivity contribution < 1.29 is 14.7 Å². The zero-order valence-corrected chi connectivity index (χ0v) is 7.95. The molecule has 0 aromatic rings. The maximum atomic E-state index is 11.2. The van der Waals surface area contributed by atoms with Gasteiger partial charge >= 0.3 is 5.97 Å². The molecular formula is C10H16O3. The van der Waals surface area contributed by atoms with E-state index in [1.807, 2.05) is 0 Å². The molecule has 0 amide bonds. The lowest BCUT2D eigenvalue weighted by Gasteiger charge is -2.28. The molecule has 2 atom stereocenters. The summed E-state index contributed by atoms with van der Waals surface area (Å²) in [5.74, 6) is -0.530. The molecule has 0 radical (unpaired) electrons. The molecule has 0 saturated heterocycles. The normalized spacial score (nSPS) is 28.4. The third-order valence-corrected chi connectivity index (χ3v) is 2.87. The maximum absolute atomic E-state index is 11.2. The monoisotopic (exact) mass is 184 g/mol. The molecule has 1 saturated carbocycles. The Labute approximate surface area is 78.1 Å². The molecule has 74 valence electrons. The molecule has 1 N–H and O–H groups in total. The van der Waals surface area contributed by atoms with Crippen molar-refractivity contribution >= 4 is 11.8 Å². The van der Waals surface area contributed by atoms with Crippen LogP contribution in [0.5, 0.6) is 0 Å². The predicted octanol–water partition coefficient (Wildman–Crippen LogP) is 1.86. The van der Waals surface area contributed by atoms with Crippen LogP contribution in [0, 0.1) is 11.8 Å². The van der Waals surface area contributed by atoms with Gasteiger partial charge in [-0.2, -0.15) is 0 Å². The lowest BCUT2D eigenvalue weighted by atomic mass is 9.76. The average Bonchev–Trinajstić information content (AvgIpc) is 2.03. The summed E-state index contributed by atoms with van der Waals surface area (Å²) in [6.45, 7) is 1.57. The number of hydrogen-bond acceptors (Lipinski definition) is 2. The van der Waals surface area contributed by atoms with Gasteiger partial charge < -0.3 is 5.11 Å². The van der Waals surface area contributed by atoms with Crippen molar-refractivity contribution in [3.8, 4) is 0 Å². The van der Waals surface area contributed by atoms with Gasteiger partial charge in [-0.05, 0) is 25.7 Å². The molecule has 1 aliphatic rings. The highest BCUT2D eigenvalue weighted by molar-refractivity contribution is 5.79. The van der Waals surface area contributed by atoms with Gasteiger partial charge in [-0.3, -0.25) is 9.59 Å². The molecule has 0 aromatic heterocycles. The molecule has 0 spiro atoms. The second-order valence-electron chi connectivity index (χ2n) is 3.86. The fourth-order valence-electron chi connectivity index (χ4n) is 2.21. The van der Waals surface area contributed by atoms with E-state index in [1.165, 1.54) is 0 Å². The van der Waals surface area contributed by atoms with Crippen LogP contribution < -0.4 is 0 Å². The SMILES string of the molecule is CC(=O)[C@@H]1CCCC[C@H]1CC(=O)O. The fourth-order valence-corrected chi connectivity index (χ4v) is 2.21. The van der Waals surface area contributed by atoms with E-state index < -0.39 is 5.97 Å². The Morgan fingerprint density at radius 3 is 2.46 bits per heavy atom. The van der Waals surface area contributed by atoms with E-state index in [0.29, 0.717) is 0 Å². The topological polar surface area (TPSA) is 54.4 Å². The Morgan fingerprint density at radius 2 is 1.92 bits per heavy atom. The van der Waals surface area contributed by atoms with Crippen LogP contribution in [-0.4, -0.2) is 16.9 Å². The van der Waals surface area contributed by atoms with Gasteiger partial charge in [0.05, 0.1) is 0 Å². The standard InChI is InChI=1S/C10H16O3/c1-7(11)9-5-3-2-4-8(9)6-10(12)13/h8-9H,2-6H2,1H3,(H,12,13)/t8-,9-/m0/s1. The number of carboxylic acids is 1. The van der Waals surface area contributed by atoms with Gasteiger partial charge in [-0.25, -0.2) is 0 Å². The Kier molecular flexibility index (Phi) is 3.46. The van der Waals surface area contributed by atoms with Crippen molar-refractivity contribution in [2.24, 2.45) is 11.8 Å². The molecule has 0 heterocycles. The lowest BCUT2D eigenvalue weighted by molar-refractivity contribution is -0.139. The first-order chi connectivity index (χ1) is 6.11. The molecule has 3 nitrogen and oxygen atoms in total. The molecular weight excluding hydrogens is 168 g/mol. The molecule has 0 aliphatic heterocycles. The van der Waals surface area contributed by atoms with E-state index in [0.717, 1.165) is 25.7 Å². The van der Waals surface area contributed by atoms with Crippen LogP contribution in [0.1, 0.15) is 39.0 Å². The minimum atomic E-state index is -0.779. The van der Waals surface area contributed by atoms with E-state index in [-0.39, 0.29) is 24.0 Å². The van der Waals surface area contributed by atoms with E-state index in [2.05, 4.69) is 0 Å². The van der Waals surface area contributed by atoms with Crippen LogP contribution in [0.2, 0.25) is 0 Å². The Balaban J connectivity index is 2.56. The summed E-state index contributed by atoms with van der Waals surface area (Å²) in [6, 6.07) is 0. The summed E-state index contributed by atoms with van der Waals surface area (Å²) < 4.78 is 0. The van der Waals surface area contributed by atoms with Crippen LogP contribution in [0.25, 0.3) is 0 Å². The number of Topliss-reactive ketones (excluding diaryl/α,β-unsaturated/α-hetero) is 1. The summed E-state index contributed by atoms with van der Waals surface area (Å²) in [5.41, 5.74) is 0. The Morgan fingerprint density at radius 1 is 1.31 bits per heavy atom. The van der Waals surface area contributed by atoms with Gasteiger partial charge in [-0.1, -0.05) is 12.8 Å². The zero-order chi connectivity index (χ0) is 9.84. The summed E-state index contributed by atoms with van der Waals surface area (Å²) in [7, 11) is 0. The second kappa shape index (κ2) is 4.40. The third-order valence-electron chi connectivity index (χ3n) is 2.87. The van der Waals surface area contributed by atoms with Crippen molar-refractivity contribution in [2.45, 2.75) is 39.0 Å². The Hall–Kier alpha value is -0.860. The summed E-state index contributed by atoms with van der Waals surface area (Å²) >= 11 is 0. The molecule has 0 unspecified atom stereocenters. The molecule has 1 aliphatic carbocycles. The van der Waals surface area contributed by atoms with Gasteiger partial charge in [0.15, 0.2) is 0 Å². The van der Waals surface area contributed by atoms with Crippen molar-refractivity contribution in [2.75, 3.05) is 0 Å². The second-order valence-corrected chi connectivity index (χ2v) is 3.86. The minimum absolute atomic E-state index is 0.00449. The van der Waals surface area contributed by atoms with Gasteiger partial charge in [-0.15, -0.1) is 0 Å². The summed E-state index contributed by atoms with van der Waals surface area (Å²) in [6.07, 6.45) is 4.08. The van der Waals surface area contributed by atoms with Crippen molar-refractivity contribution in [3.05, 3.63) is 0 Å². The van der Waals surface area contributed by atoms with Gasteiger partial charge in [0.25, 0.3) is 0 Å². The highest BCUT2D eigenvalue weighted by Gasteiger charge is 2.29. The predicted molar refractivity (Wildman–Crippen MR) is 48.4 cm³/mol. The summed E-state index contributed by atoms with van der Waals surface area (Å²) in [4.78, 5) is 21.7. The van der Waals surface area contributed by atoms with Gasteiger partial charge in [0, 0.05) is 12.3 Å². The van der Waals surface area contributed by atoms with Crippen molar-refractivity contribution in [1.82, 2.24) is 0 Å². The smallest absolute Gasteiger partial charge is 0.303 e. The van der Waals surface area contributed by atoms with Gasteiger partial charge in [0.1, 0.15) is 5.78 Å². The Bertz CT molecular complexity index is 210. The number of carbonyl (C=O) groups is 2. The van der Waals surface area contributed by atoms with E-state index in [4.69, 9.17) is 5.11 Å². The molecule has 1 fully saturated rings. The van der Waals surface area contributed by atoms with Crippen LogP contribution in [0.4, 0.5) is 0 Å². The number of aliphatic carboxylic acids is 1. The number of hydrogen-bond donors (Lipinski definition) is 1. The first-order valence-electron chi connectivity index (χ1n) is 4.83. The van der Waals surface area contributed by atoms with Crippen molar-refractivity contribution in [3.63, 3.8) is 0 Å². The van der Waals surface area contributed by atoms with E-state index in [9.17, 15) is 9.59 Å². The number of ketones is 1. The lowest BCUT2D eigenvalue weighted by Crippen LogP contribution is -2.27. The highest BCUT2D eigenvalue weighted by Crippen LogP contribution is 2.32. The number of carboxylic acid groups (broad SMARTS) is 1. The molecule has 0 bridgehead atoms. The van der Waals surface area contributed by atoms with Crippen LogP contribution in [0.15, 0.2) is 0 Å². The average molecular weight is 184 g/mol. The fraction of sp³-hybridized carbons (Fsp3) is 0.800. The third kappa shape index (κ3) is 2.83. The molecule has 0 aromatic carbocycles. The van der Waals surface area contributed by atoms with E-state index >= 15 is 0 Å². The quantitative estimate of drug-likeness (QED) is 0.728. The number of rotatable bonds is 3. The van der Waals surface area contributed by atoms with Gasteiger partial charge in [0.2, 0.25) is 0 Å². The van der Waals surface area contributed by atoms with Crippen LogP contribution >= 0.6 is 0 Å². The largest absolute Gasteiger partial charge is 0.481 e. The minimum Gasteiger partial charge on any atom is -0.481 e. The van der Waals surface area contributed by atoms with Crippen molar-refractivity contribution in [1.29, 1.82) is 0 Å². The molecule has 1 rings (SSSR count). The summed E-state index contributed by atoms with van der Waals surface area (Å²) in [5, 5.41) is 8.65.